The predicted molar refractivity (Wildman–Crippen MR) is 57.9 cm³/mol. The molecule has 1 aromatic carbocycles. The third-order valence-corrected chi connectivity index (χ3v) is 3.06. The van der Waals surface area contributed by atoms with Crippen LogP contribution in [-0.2, 0) is 0 Å². The minimum Gasteiger partial charge on any atom is -0.497 e. The summed E-state index contributed by atoms with van der Waals surface area (Å²) in [4.78, 5) is 15.3. The van der Waals surface area contributed by atoms with E-state index in [2.05, 4.69) is 4.98 Å². The van der Waals surface area contributed by atoms with Crippen molar-refractivity contribution in [2.75, 3.05) is 7.11 Å². The SMILES string of the molecule is COc1cc(C(=O)O)c2sc(C)nc2c1. The maximum Gasteiger partial charge on any atom is 0.337 e. The van der Waals surface area contributed by atoms with Crippen molar-refractivity contribution in [3.63, 3.8) is 0 Å². The van der Waals surface area contributed by atoms with Crippen LogP contribution >= 0.6 is 11.3 Å². The molecule has 15 heavy (non-hydrogen) atoms. The Bertz CT molecular complexity index is 533. The molecule has 0 saturated heterocycles. The van der Waals surface area contributed by atoms with Crippen LogP contribution in [0.3, 0.4) is 0 Å². The van der Waals surface area contributed by atoms with E-state index in [1.54, 1.807) is 6.07 Å². The lowest BCUT2D eigenvalue weighted by atomic mass is 10.2. The summed E-state index contributed by atoms with van der Waals surface area (Å²) < 4.78 is 5.72. The summed E-state index contributed by atoms with van der Waals surface area (Å²) in [7, 11) is 1.51. The molecule has 0 aliphatic rings. The molecule has 5 heteroatoms. The van der Waals surface area contributed by atoms with Gasteiger partial charge in [0.1, 0.15) is 5.75 Å². The number of aryl methyl sites for hydroxylation is 1. The Morgan fingerprint density at radius 3 is 2.87 bits per heavy atom. The van der Waals surface area contributed by atoms with Crippen molar-refractivity contribution in [2.45, 2.75) is 6.92 Å². The van der Waals surface area contributed by atoms with Crippen molar-refractivity contribution in [2.24, 2.45) is 0 Å². The summed E-state index contributed by atoms with van der Waals surface area (Å²) in [5.74, 6) is -0.437. The van der Waals surface area contributed by atoms with Crippen molar-refractivity contribution >= 4 is 27.5 Å². The van der Waals surface area contributed by atoms with E-state index in [-0.39, 0.29) is 5.56 Å². The van der Waals surface area contributed by atoms with Crippen LogP contribution in [0.25, 0.3) is 10.2 Å². The van der Waals surface area contributed by atoms with Gasteiger partial charge < -0.3 is 9.84 Å². The highest BCUT2D eigenvalue weighted by Gasteiger charge is 2.14. The molecule has 2 aromatic rings. The Morgan fingerprint density at radius 2 is 2.27 bits per heavy atom. The Balaban J connectivity index is 2.79. The first kappa shape index (κ1) is 9.92. The average Bonchev–Trinajstić information content (AvgIpc) is 2.55. The molecule has 0 saturated carbocycles. The zero-order chi connectivity index (χ0) is 11.0. The lowest BCUT2D eigenvalue weighted by Crippen LogP contribution is -1.97. The molecule has 1 N–H and O–H groups in total. The molecule has 1 heterocycles. The van der Waals surface area contributed by atoms with Crippen LogP contribution in [0, 0.1) is 6.92 Å². The van der Waals surface area contributed by atoms with Gasteiger partial charge in [-0.2, -0.15) is 0 Å². The molecule has 0 aliphatic carbocycles. The zero-order valence-electron chi connectivity index (χ0n) is 8.27. The molecular formula is C10H9NO3S. The van der Waals surface area contributed by atoms with Crippen LogP contribution in [0.1, 0.15) is 15.4 Å². The molecule has 0 unspecified atom stereocenters. The number of methoxy groups -OCH3 is 1. The second-order valence-corrected chi connectivity index (χ2v) is 4.26. The van der Waals surface area contributed by atoms with E-state index in [1.807, 2.05) is 6.92 Å². The van der Waals surface area contributed by atoms with Crippen LogP contribution in [0.4, 0.5) is 0 Å². The van der Waals surface area contributed by atoms with Gasteiger partial charge in [0, 0.05) is 6.07 Å². The normalized spacial score (nSPS) is 10.5. The maximum atomic E-state index is 11.0. The van der Waals surface area contributed by atoms with Gasteiger partial charge in [-0.05, 0) is 13.0 Å². The number of nitrogens with zero attached hydrogens (tertiary/aromatic N) is 1. The number of aromatic nitrogens is 1. The van der Waals surface area contributed by atoms with Crippen LogP contribution in [0.15, 0.2) is 12.1 Å². The first-order chi connectivity index (χ1) is 7.11. The van der Waals surface area contributed by atoms with Gasteiger partial charge in [0.25, 0.3) is 0 Å². The van der Waals surface area contributed by atoms with E-state index in [0.717, 1.165) is 5.01 Å². The number of carboxylic acids is 1. The molecule has 4 nitrogen and oxygen atoms in total. The van der Waals surface area contributed by atoms with Gasteiger partial charge >= 0.3 is 5.97 Å². The van der Waals surface area contributed by atoms with Crippen molar-refractivity contribution < 1.29 is 14.6 Å². The predicted octanol–water partition coefficient (Wildman–Crippen LogP) is 2.31. The monoisotopic (exact) mass is 223 g/mol. The molecule has 0 fully saturated rings. The smallest absolute Gasteiger partial charge is 0.337 e. The fraction of sp³-hybridized carbons (Fsp3) is 0.200. The van der Waals surface area contributed by atoms with E-state index >= 15 is 0 Å². The third-order valence-electron chi connectivity index (χ3n) is 2.04. The van der Waals surface area contributed by atoms with Gasteiger partial charge in [0.15, 0.2) is 0 Å². The van der Waals surface area contributed by atoms with Crippen LogP contribution in [0.5, 0.6) is 5.75 Å². The van der Waals surface area contributed by atoms with Gasteiger partial charge in [-0.15, -0.1) is 11.3 Å². The summed E-state index contributed by atoms with van der Waals surface area (Å²) in [6, 6.07) is 3.26. The molecule has 1 aromatic heterocycles. The Morgan fingerprint density at radius 1 is 1.53 bits per heavy atom. The van der Waals surface area contributed by atoms with Crippen LogP contribution in [-0.4, -0.2) is 23.2 Å². The molecule has 0 radical (unpaired) electrons. The number of thiazole rings is 1. The quantitative estimate of drug-likeness (QED) is 0.848. The highest BCUT2D eigenvalue weighted by Crippen LogP contribution is 2.29. The second-order valence-electron chi connectivity index (χ2n) is 3.06. The molecule has 0 atom stereocenters. The number of ether oxygens (including phenoxy) is 1. The van der Waals surface area contributed by atoms with Crippen LogP contribution in [0.2, 0.25) is 0 Å². The number of aromatic carboxylic acids is 1. The van der Waals surface area contributed by atoms with Crippen LogP contribution < -0.4 is 4.74 Å². The average molecular weight is 223 g/mol. The number of benzene rings is 1. The van der Waals surface area contributed by atoms with Crippen molar-refractivity contribution in [3.8, 4) is 5.75 Å². The fourth-order valence-electron chi connectivity index (χ4n) is 1.39. The third kappa shape index (κ3) is 1.66. The second kappa shape index (κ2) is 3.51. The van der Waals surface area contributed by atoms with Crippen molar-refractivity contribution in [1.29, 1.82) is 0 Å². The molecule has 0 amide bonds. The summed E-state index contributed by atoms with van der Waals surface area (Å²) >= 11 is 1.38. The fourth-order valence-corrected chi connectivity index (χ4v) is 2.30. The highest BCUT2D eigenvalue weighted by molar-refractivity contribution is 7.18. The lowest BCUT2D eigenvalue weighted by molar-refractivity contribution is 0.0699. The number of fused-ring (bicyclic) bond motifs is 1. The standard InChI is InChI=1S/C10H9NO3S/c1-5-11-8-4-6(14-2)3-7(10(12)13)9(8)15-5/h3-4H,1-2H3,(H,12,13). The Kier molecular flexibility index (Phi) is 2.32. The first-order valence-electron chi connectivity index (χ1n) is 4.30. The van der Waals surface area contributed by atoms with E-state index in [4.69, 9.17) is 9.84 Å². The highest BCUT2D eigenvalue weighted by atomic mass is 32.1. The summed E-state index contributed by atoms with van der Waals surface area (Å²) in [6.45, 7) is 1.85. The number of hydrogen-bond acceptors (Lipinski definition) is 4. The van der Waals surface area contributed by atoms with Gasteiger partial charge in [0.2, 0.25) is 0 Å². The lowest BCUT2D eigenvalue weighted by Gasteiger charge is -2.01. The largest absolute Gasteiger partial charge is 0.497 e. The minimum absolute atomic E-state index is 0.245. The number of carbonyl (C=O) groups is 1. The van der Waals surface area contributed by atoms with Crippen molar-refractivity contribution in [1.82, 2.24) is 4.98 Å². The topological polar surface area (TPSA) is 59.4 Å². The molecule has 0 bridgehead atoms. The van der Waals surface area contributed by atoms with Gasteiger partial charge in [-0.1, -0.05) is 0 Å². The zero-order valence-corrected chi connectivity index (χ0v) is 9.09. The number of carboxylic acid groups (broad SMARTS) is 1. The number of rotatable bonds is 2. The summed E-state index contributed by atoms with van der Waals surface area (Å²) in [6.07, 6.45) is 0. The van der Waals surface area contributed by atoms with E-state index in [1.165, 1.54) is 24.5 Å². The van der Waals surface area contributed by atoms with E-state index < -0.39 is 5.97 Å². The van der Waals surface area contributed by atoms with Gasteiger partial charge in [-0.25, -0.2) is 9.78 Å². The maximum absolute atomic E-state index is 11.0. The van der Waals surface area contributed by atoms with E-state index in [0.29, 0.717) is 16.0 Å². The van der Waals surface area contributed by atoms with Gasteiger partial charge in [0.05, 0.1) is 27.9 Å². The van der Waals surface area contributed by atoms with E-state index in [9.17, 15) is 4.79 Å². The Labute approximate surface area is 90.1 Å². The molecule has 2 rings (SSSR count). The Hall–Kier alpha value is -1.62. The minimum atomic E-state index is -0.956. The summed E-state index contributed by atoms with van der Waals surface area (Å²) in [5, 5.41) is 9.88. The molecule has 78 valence electrons. The van der Waals surface area contributed by atoms with Gasteiger partial charge in [-0.3, -0.25) is 0 Å². The van der Waals surface area contributed by atoms with Crippen molar-refractivity contribution in [3.05, 3.63) is 22.7 Å². The molecular weight excluding hydrogens is 214 g/mol. The first-order valence-corrected chi connectivity index (χ1v) is 5.12. The summed E-state index contributed by atoms with van der Waals surface area (Å²) in [5.41, 5.74) is 0.921. The number of hydrogen-bond donors (Lipinski definition) is 1. The molecule has 0 aliphatic heterocycles. The molecule has 0 spiro atoms.